The van der Waals surface area contributed by atoms with Gasteiger partial charge < -0.3 is 4.90 Å². The van der Waals surface area contributed by atoms with Gasteiger partial charge in [-0.2, -0.15) is 0 Å². The van der Waals surface area contributed by atoms with Crippen molar-refractivity contribution in [3.8, 4) is 11.3 Å². The number of hydrogen-bond acceptors (Lipinski definition) is 3. The van der Waals surface area contributed by atoms with Crippen LogP contribution in [0, 0.1) is 0 Å². The maximum atomic E-state index is 13.9. The predicted molar refractivity (Wildman–Crippen MR) is 126 cm³/mol. The Morgan fingerprint density at radius 3 is 2.39 bits per heavy atom. The van der Waals surface area contributed by atoms with E-state index in [0.717, 1.165) is 35.0 Å². The fraction of sp³-hybridized carbons (Fsp3) is 0.222. The van der Waals surface area contributed by atoms with Crippen LogP contribution in [0.1, 0.15) is 42.6 Å². The summed E-state index contributed by atoms with van der Waals surface area (Å²) in [7, 11) is 0. The second-order valence-electron chi connectivity index (χ2n) is 7.85. The summed E-state index contributed by atoms with van der Waals surface area (Å²) in [5, 5.41) is 0.786. The molecule has 0 saturated carbocycles. The molecule has 1 amide bonds. The molecule has 0 saturated heterocycles. The Balaban J connectivity index is 1.81. The summed E-state index contributed by atoms with van der Waals surface area (Å²) in [6.45, 7) is 4.86. The summed E-state index contributed by atoms with van der Waals surface area (Å²) in [6, 6.07) is 25.9. The molecule has 4 heteroatoms. The lowest BCUT2D eigenvalue weighted by atomic mass is 10.0. The summed E-state index contributed by atoms with van der Waals surface area (Å²) < 4.78 is 0. The van der Waals surface area contributed by atoms with Crippen molar-refractivity contribution in [1.82, 2.24) is 14.9 Å². The minimum atomic E-state index is 0.0161. The first-order chi connectivity index (χ1) is 15.2. The lowest BCUT2D eigenvalue weighted by molar-refractivity contribution is 0.0668. The SMILES string of the molecule is CCCC(C)N(Cc1ccccc1)C(=O)c1cc(-c2ccccc2)nc2ncccc12. The third kappa shape index (κ3) is 4.64. The van der Waals surface area contributed by atoms with Crippen LogP contribution < -0.4 is 0 Å². The van der Waals surface area contributed by atoms with Crippen molar-refractivity contribution in [3.05, 3.63) is 96.2 Å². The Morgan fingerprint density at radius 1 is 0.968 bits per heavy atom. The molecule has 2 heterocycles. The highest BCUT2D eigenvalue weighted by molar-refractivity contribution is 6.06. The van der Waals surface area contributed by atoms with Gasteiger partial charge in [0.2, 0.25) is 0 Å². The molecule has 1 atom stereocenters. The minimum Gasteiger partial charge on any atom is -0.332 e. The van der Waals surface area contributed by atoms with Gasteiger partial charge in [-0.15, -0.1) is 0 Å². The molecule has 0 spiro atoms. The molecule has 0 aliphatic heterocycles. The van der Waals surface area contributed by atoms with Crippen LogP contribution in [0.5, 0.6) is 0 Å². The van der Waals surface area contributed by atoms with Crippen LogP contribution in [0.25, 0.3) is 22.3 Å². The number of pyridine rings is 2. The zero-order valence-electron chi connectivity index (χ0n) is 18.0. The van der Waals surface area contributed by atoms with Gasteiger partial charge in [-0.05, 0) is 37.1 Å². The predicted octanol–water partition coefficient (Wildman–Crippen LogP) is 6.13. The Kier molecular flexibility index (Phi) is 6.37. The second kappa shape index (κ2) is 9.52. The monoisotopic (exact) mass is 409 g/mol. The average Bonchev–Trinajstić information content (AvgIpc) is 2.82. The van der Waals surface area contributed by atoms with Crippen molar-refractivity contribution in [2.24, 2.45) is 0 Å². The first-order valence-electron chi connectivity index (χ1n) is 10.8. The van der Waals surface area contributed by atoms with E-state index in [1.54, 1.807) is 6.20 Å². The van der Waals surface area contributed by atoms with Gasteiger partial charge in [0.1, 0.15) is 0 Å². The highest BCUT2D eigenvalue weighted by Crippen LogP contribution is 2.26. The highest BCUT2D eigenvalue weighted by atomic mass is 16.2. The molecule has 0 bridgehead atoms. The normalized spacial score (nSPS) is 11.9. The molecular weight excluding hydrogens is 382 g/mol. The van der Waals surface area contributed by atoms with E-state index in [4.69, 9.17) is 4.98 Å². The third-order valence-corrected chi connectivity index (χ3v) is 5.58. The van der Waals surface area contributed by atoms with Crippen molar-refractivity contribution in [2.45, 2.75) is 39.3 Å². The zero-order valence-corrected chi connectivity index (χ0v) is 18.0. The summed E-state index contributed by atoms with van der Waals surface area (Å²) >= 11 is 0. The lowest BCUT2D eigenvalue weighted by Crippen LogP contribution is -2.38. The average molecular weight is 410 g/mol. The zero-order chi connectivity index (χ0) is 21.6. The molecule has 4 rings (SSSR count). The van der Waals surface area contributed by atoms with Crippen molar-refractivity contribution < 1.29 is 4.79 Å². The van der Waals surface area contributed by atoms with E-state index in [-0.39, 0.29) is 11.9 Å². The largest absolute Gasteiger partial charge is 0.332 e. The van der Waals surface area contributed by atoms with Gasteiger partial charge in [-0.1, -0.05) is 74.0 Å². The number of rotatable bonds is 7. The lowest BCUT2D eigenvalue weighted by Gasteiger charge is -2.30. The molecule has 4 aromatic rings. The number of carbonyl (C=O) groups is 1. The third-order valence-electron chi connectivity index (χ3n) is 5.58. The number of carbonyl (C=O) groups excluding carboxylic acids is 1. The standard InChI is InChI=1S/C27H27N3O/c1-3-11-20(2)30(19-21-12-6-4-7-13-21)27(31)24-18-25(22-14-8-5-9-15-22)29-26-23(24)16-10-17-28-26/h4-10,12-18,20H,3,11,19H2,1-2H3. The Morgan fingerprint density at radius 2 is 1.68 bits per heavy atom. The summed E-state index contributed by atoms with van der Waals surface area (Å²) in [4.78, 5) is 25.1. The molecule has 156 valence electrons. The molecule has 0 fully saturated rings. The van der Waals surface area contributed by atoms with Crippen LogP contribution in [-0.4, -0.2) is 26.8 Å². The van der Waals surface area contributed by atoms with Gasteiger partial charge in [-0.3, -0.25) is 4.79 Å². The maximum Gasteiger partial charge on any atom is 0.255 e. The van der Waals surface area contributed by atoms with E-state index in [1.165, 1.54) is 0 Å². The van der Waals surface area contributed by atoms with Crippen LogP contribution in [-0.2, 0) is 6.54 Å². The first-order valence-corrected chi connectivity index (χ1v) is 10.8. The van der Waals surface area contributed by atoms with E-state index in [0.29, 0.717) is 17.8 Å². The molecule has 2 aromatic carbocycles. The molecule has 31 heavy (non-hydrogen) atoms. The molecule has 2 aromatic heterocycles. The minimum absolute atomic E-state index is 0.0161. The number of amides is 1. The molecule has 0 radical (unpaired) electrons. The van der Waals surface area contributed by atoms with Crippen LogP contribution in [0.2, 0.25) is 0 Å². The van der Waals surface area contributed by atoms with Crippen molar-refractivity contribution in [2.75, 3.05) is 0 Å². The fourth-order valence-corrected chi connectivity index (χ4v) is 3.93. The number of fused-ring (bicyclic) bond motifs is 1. The topological polar surface area (TPSA) is 46.1 Å². The van der Waals surface area contributed by atoms with E-state index in [2.05, 4.69) is 31.0 Å². The molecule has 4 nitrogen and oxygen atoms in total. The van der Waals surface area contributed by atoms with Gasteiger partial charge >= 0.3 is 0 Å². The van der Waals surface area contributed by atoms with Gasteiger partial charge in [0, 0.05) is 29.7 Å². The van der Waals surface area contributed by atoms with Gasteiger partial charge in [0.15, 0.2) is 5.65 Å². The Bertz CT molecular complexity index is 1160. The summed E-state index contributed by atoms with van der Waals surface area (Å²) in [5.41, 5.74) is 4.10. The van der Waals surface area contributed by atoms with E-state index in [1.807, 2.05) is 71.6 Å². The van der Waals surface area contributed by atoms with Crippen molar-refractivity contribution in [3.63, 3.8) is 0 Å². The van der Waals surface area contributed by atoms with Crippen molar-refractivity contribution in [1.29, 1.82) is 0 Å². The quantitative estimate of drug-likeness (QED) is 0.369. The molecule has 1 unspecified atom stereocenters. The fourth-order valence-electron chi connectivity index (χ4n) is 3.93. The molecule has 0 aliphatic rings. The van der Waals surface area contributed by atoms with Crippen LogP contribution >= 0.6 is 0 Å². The highest BCUT2D eigenvalue weighted by Gasteiger charge is 2.24. The number of nitrogens with zero attached hydrogens (tertiary/aromatic N) is 3. The number of hydrogen-bond donors (Lipinski definition) is 0. The second-order valence-corrected chi connectivity index (χ2v) is 7.85. The van der Waals surface area contributed by atoms with E-state index >= 15 is 0 Å². The number of benzene rings is 2. The summed E-state index contributed by atoms with van der Waals surface area (Å²) in [5.74, 6) is 0.0161. The smallest absolute Gasteiger partial charge is 0.255 e. The van der Waals surface area contributed by atoms with Gasteiger partial charge in [0.25, 0.3) is 5.91 Å². The van der Waals surface area contributed by atoms with Crippen LogP contribution in [0.15, 0.2) is 85.1 Å². The van der Waals surface area contributed by atoms with E-state index < -0.39 is 0 Å². The van der Waals surface area contributed by atoms with Gasteiger partial charge in [0.05, 0.1) is 11.3 Å². The van der Waals surface area contributed by atoms with Crippen molar-refractivity contribution >= 4 is 16.9 Å². The maximum absolute atomic E-state index is 13.9. The molecular formula is C27H27N3O. The Labute approximate surface area is 183 Å². The molecule has 0 aliphatic carbocycles. The van der Waals surface area contributed by atoms with Crippen LogP contribution in [0.3, 0.4) is 0 Å². The Hall–Kier alpha value is -3.53. The first kappa shape index (κ1) is 20.7. The molecule has 0 N–H and O–H groups in total. The number of aromatic nitrogens is 2. The van der Waals surface area contributed by atoms with Crippen LogP contribution in [0.4, 0.5) is 0 Å². The van der Waals surface area contributed by atoms with Gasteiger partial charge in [-0.25, -0.2) is 9.97 Å². The van der Waals surface area contributed by atoms with E-state index in [9.17, 15) is 4.79 Å². The summed E-state index contributed by atoms with van der Waals surface area (Å²) in [6.07, 6.45) is 3.69.